The molecule has 114 valence electrons. The monoisotopic (exact) mass is 297 g/mol. The fourth-order valence-electron chi connectivity index (χ4n) is 2.46. The third-order valence-electron chi connectivity index (χ3n) is 3.46. The Hall–Kier alpha value is -2.40. The summed E-state index contributed by atoms with van der Waals surface area (Å²) in [6, 6.07) is 9.90. The van der Waals surface area contributed by atoms with E-state index in [2.05, 4.69) is 9.97 Å². The molecule has 0 radical (unpaired) electrons. The quantitative estimate of drug-likeness (QED) is 0.804. The fourth-order valence-corrected chi connectivity index (χ4v) is 2.46. The largest absolute Gasteiger partial charge is 0.481 e. The highest BCUT2D eigenvalue weighted by Crippen LogP contribution is 2.25. The molecule has 2 heterocycles. The topological polar surface area (TPSA) is 60.2 Å². The molecule has 0 fully saturated rings. The molecule has 2 aromatic heterocycles. The summed E-state index contributed by atoms with van der Waals surface area (Å²) < 4.78 is 7.04. The maximum Gasteiger partial charge on any atom is 0.212 e. The van der Waals surface area contributed by atoms with Crippen molar-refractivity contribution < 1.29 is 9.84 Å². The molecule has 5 nitrogen and oxygen atoms in total. The Morgan fingerprint density at radius 1 is 1.14 bits per heavy atom. The molecule has 22 heavy (non-hydrogen) atoms. The second kappa shape index (κ2) is 5.42. The first-order chi connectivity index (χ1) is 10.5. The Morgan fingerprint density at radius 2 is 1.91 bits per heavy atom. The Morgan fingerprint density at radius 3 is 2.55 bits per heavy atom. The number of ether oxygens (including phenoxy) is 1. The zero-order valence-electron chi connectivity index (χ0n) is 12.9. The van der Waals surface area contributed by atoms with Crippen LogP contribution in [-0.2, 0) is 6.54 Å². The summed E-state index contributed by atoms with van der Waals surface area (Å²) in [6.07, 6.45) is 3.55. The van der Waals surface area contributed by atoms with Crippen LogP contribution in [0.5, 0.6) is 5.88 Å². The molecular weight excluding hydrogens is 278 g/mol. The number of hydrogen-bond acceptors (Lipinski definition) is 4. The van der Waals surface area contributed by atoms with Gasteiger partial charge in [0.2, 0.25) is 5.88 Å². The molecular formula is C17H19N3O2. The number of fused-ring (bicyclic) bond motifs is 1. The number of rotatable bonds is 4. The molecule has 1 N–H and O–H groups in total. The van der Waals surface area contributed by atoms with Gasteiger partial charge in [0.1, 0.15) is 0 Å². The second-order valence-corrected chi connectivity index (χ2v) is 5.98. The molecule has 0 saturated carbocycles. The third kappa shape index (κ3) is 2.94. The molecule has 0 amide bonds. The minimum absolute atomic E-state index is 0.507. The SMILES string of the molecule is COc1ccc(-c2ccc3c(c2)ncn3CC(C)(C)O)cn1. The number of aliphatic hydroxyl groups is 1. The molecule has 0 aliphatic carbocycles. The van der Waals surface area contributed by atoms with Gasteiger partial charge in [-0.3, -0.25) is 0 Å². The molecule has 0 unspecified atom stereocenters. The molecule has 3 aromatic rings. The minimum Gasteiger partial charge on any atom is -0.481 e. The molecule has 0 aliphatic rings. The van der Waals surface area contributed by atoms with Crippen molar-refractivity contribution in [2.24, 2.45) is 0 Å². The Balaban J connectivity index is 1.96. The number of aromatic nitrogens is 3. The van der Waals surface area contributed by atoms with Crippen molar-refractivity contribution in [3.05, 3.63) is 42.9 Å². The second-order valence-electron chi connectivity index (χ2n) is 5.98. The molecule has 0 spiro atoms. The fraction of sp³-hybridized carbons (Fsp3) is 0.294. The summed E-state index contributed by atoms with van der Waals surface area (Å²) in [5.41, 5.74) is 3.20. The molecule has 0 aliphatic heterocycles. The van der Waals surface area contributed by atoms with Crippen LogP contribution in [0.25, 0.3) is 22.2 Å². The van der Waals surface area contributed by atoms with Gasteiger partial charge in [-0.05, 0) is 37.6 Å². The van der Waals surface area contributed by atoms with Crippen molar-refractivity contribution in [3.8, 4) is 17.0 Å². The smallest absolute Gasteiger partial charge is 0.212 e. The van der Waals surface area contributed by atoms with Crippen molar-refractivity contribution in [2.45, 2.75) is 26.0 Å². The highest BCUT2D eigenvalue weighted by molar-refractivity contribution is 5.82. The Kier molecular flexibility index (Phi) is 3.58. The van der Waals surface area contributed by atoms with Crippen molar-refractivity contribution in [1.29, 1.82) is 0 Å². The van der Waals surface area contributed by atoms with E-state index in [1.807, 2.05) is 34.9 Å². The summed E-state index contributed by atoms with van der Waals surface area (Å²) in [5, 5.41) is 9.96. The standard InChI is InChI=1S/C17H19N3O2/c1-17(2,21)10-20-11-19-14-8-12(4-6-15(14)20)13-5-7-16(22-3)18-9-13/h4-9,11,21H,10H2,1-3H3. The van der Waals surface area contributed by atoms with Gasteiger partial charge in [0.25, 0.3) is 0 Å². The van der Waals surface area contributed by atoms with Gasteiger partial charge in [-0.1, -0.05) is 6.07 Å². The van der Waals surface area contributed by atoms with Crippen LogP contribution >= 0.6 is 0 Å². The van der Waals surface area contributed by atoms with Gasteiger partial charge >= 0.3 is 0 Å². The van der Waals surface area contributed by atoms with Crippen LogP contribution in [0.2, 0.25) is 0 Å². The number of hydrogen-bond donors (Lipinski definition) is 1. The van der Waals surface area contributed by atoms with Crippen LogP contribution in [0.1, 0.15) is 13.8 Å². The predicted octanol–water partition coefficient (Wildman–Crippen LogP) is 2.88. The molecule has 1 aromatic carbocycles. The number of methoxy groups -OCH3 is 1. The predicted molar refractivity (Wildman–Crippen MR) is 85.8 cm³/mol. The van der Waals surface area contributed by atoms with Gasteiger partial charge in [0, 0.05) is 17.8 Å². The van der Waals surface area contributed by atoms with Crippen molar-refractivity contribution in [1.82, 2.24) is 14.5 Å². The van der Waals surface area contributed by atoms with Crippen LogP contribution in [-0.4, -0.2) is 32.4 Å². The van der Waals surface area contributed by atoms with E-state index in [9.17, 15) is 5.11 Å². The van der Waals surface area contributed by atoms with E-state index in [0.29, 0.717) is 12.4 Å². The first-order valence-corrected chi connectivity index (χ1v) is 7.14. The van der Waals surface area contributed by atoms with E-state index in [1.165, 1.54) is 0 Å². The van der Waals surface area contributed by atoms with Gasteiger partial charge in [-0.2, -0.15) is 0 Å². The number of nitrogens with zero attached hydrogens (tertiary/aromatic N) is 3. The molecule has 5 heteroatoms. The zero-order chi connectivity index (χ0) is 15.7. The van der Waals surface area contributed by atoms with E-state index in [0.717, 1.165) is 22.2 Å². The summed E-state index contributed by atoms with van der Waals surface area (Å²) in [4.78, 5) is 8.66. The molecule has 0 atom stereocenters. The number of benzene rings is 1. The summed E-state index contributed by atoms with van der Waals surface area (Å²) in [6.45, 7) is 4.08. The van der Waals surface area contributed by atoms with Crippen LogP contribution in [0.15, 0.2) is 42.9 Å². The van der Waals surface area contributed by atoms with Crippen molar-refractivity contribution >= 4 is 11.0 Å². The van der Waals surface area contributed by atoms with Gasteiger partial charge < -0.3 is 14.4 Å². The van der Waals surface area contributed by atoms with Gasteiger partial charge in [-0.25, -0.2) is 9.97 Å². The van der Waals surface area contributed by atoms with Gasteiger partial charge in [-0.15, -0.1) is 0 Å². The van der Waals surface area contributed by atoms with Crippen molar-refractivity contribution in [3.63, 3.8) is 0 Å². The van der Waals surface area contributed by atoms with Crippen LogP contribution in [0.3, 0.4) is 0 Å². The number of pyridine rings is 1. The van der Waals surface area contributed by atoms with E-state index in [1.54, 1.807) is 33.5 Å². The normalized spacial score (nSPS) is 11.8. The summed E-state index contributed by atoms with van der Waals surface area (Å²) in [5.74, 6) is 0.597. The minimum atomic E-state index is -0.772. The molecule has 0 saturated heterocycles. The first kappa shape index (κ1) is 14.5. The van der Waals surface area contributed by atoms with E-state index in [4.69, 9.17) is 4.74 Å². The lowest BCUT2D eigenvalue weighted by Crippen LogP contribution is -2.25. The lowest BCUT2D eigenvalue weighted by molar-refractivity contribution is 0.0627. The van der Waals surface area contributed by atoms with E-state index < -0.39 is 5.60 Å². The number of imidazole rings is 1. The molecule has 3 rings (SSSR count). The maximum absolute atomic E-state index is 9.96. The average molecular weight is 297 g/mol. The van der Waals surface area contributed by atoms with E-state index >= 15 is 0 Å². The zero-order valence-corrected chi connectivity index (χ0v) is 12.9. The van der Waals surface area contributed by atoms with Gasteiger partial charge in [0.15, 0.2) is 0 Å². The van der Waals surface area contributed by atoms with Crippen molar-refractivity contribution in [2.75, 3.05) is 7.11 Å². The highest BCUT2D eigenvalue weighted by Gasteiger charge is 2.15. The van der Waals surface area contributed by atoms with Crippen LogP contribution in [0, 0.1) is 0 Å². The summed E-state index contributed by atoms with van der Waals surface area (Å²) in [7, 11) is 1.60. The van der Waals surface area contributed by atoms with E-state index in [-0.39, 0.29) is 0 Å². The Bertz CT molecular complexity index is 786. The van der Waals surface area contributed by atoms with Gasteiger partial charge in [0.05, 0.1) is 36.6 Å². The average Bonchev–Trinajstić information content (AvgIpc) is 2.88. The van der Waals surface area contributed by atoms with Crippen LogP contribution in [0.4, 0.5) is 0 Å². The summed E-state index contributed by atoms with van der Waals surface area (Å²) >= 11 is 0. The third-order valence-corrected chi connectivity index (χ3v) is 3.46. The lowest BCUT2D eigenvalue weighted by atomic mass is 10.1. The lowest BCUT2D eigenvalue weighted by Gasteiger charge is -2.18. The first-order valence-electron chi connectivity index (χ1n) is 7.14. The maximum atomic E-state index is 9.96. The van der Waals surface area contributed by atoms with Crippen LogP contribution < -0.4 is 4.74 Å². The highest BCUT2D eigenvalue weighted by atomic mass is 16.5. The molecule has 0 bridgehead atoms. The Labute approximate surface area is 129 Å².